The maximum absolute atomic E-state index is 12.6. The zero-order chi connectivity index (χ0) is 21.9. The number of thiazole rings is 1. The van der Waals surface area contributed by atoms with Crippen molar-refractivity contribution < 1.29 is 26.7 Å². The van der Waals surface area contributed by atoms with E-state index in [0.717, 1.165) is 10.4 Å². The third-order valence-corrected chi connectivity index (χ3v) is 7.73. The number of nitrogens with one attached hydrogen (secondary N) is 1. The number of rotatable bonds is 7. The van der Waals surface area contributed by atoms with E-state index in [4.69, 9.17) is 0 Å². The van der Waals surface area contributed by atoms with E-state index >= 15 is 0 Å². The maximum Gasteiger partial charge on any atom is 0.387 e. The number of alkyl halides is 2. The first-order valence-electron chi connectivity index (χ1n) is 9.51. The van der Waals surface area contributed by atoms with E-state index in [0.29, 0.717) is 36.8 Å². The van der Waals surface area contributed by atoms with Crippen LogP contribution >= 0.6 is 11.3 Å². The maximum atomic E-state index is 12.6. The number of ether oxygens (including phenoxy) is 1. The van der Waals surface area contributed by atoms with Gasteiger partial charge in [-0.15, -0.1) is 11.3 Å². The van der Waals surface area contributed by atoms with Crippen LogP contribution in [-0.2, 0) is 14.8 Å². The molecule has 2 heterocycles. The predicted molar refractivity (Wildman–Crippen MR) is 111 cm³/mol. The molecule has 11 heteroatoms. The van der Waals surface area contributed by atoms with Gasteiger partial charge in [-0.3, -0.25) is 4.79 Å². The lowest BCUT2D eigenvalue weighted by Crippen LogP contribution is -2.42. The van der Waals surface area contributed by atoms with Crippen molar-refractivity contribution in [2.75, 3.05) is 24.2 Å². The van der Waals surface area contributed by atoms with Gasteiger partial charge in [0.2, 0.25) is 15.9 Å². The summed E-state index contributed by atoms with van der Waals surface area (Å²) in [6, 6.07) is 6.15. The molecule has 1 aromatic heterocycles. The number of benzene rings is 1. The normalized spacial score (nSPS) is 16.0. The molecule has 0 saturated carbocycles. The van der Waals surface area contributed by atoms with Crippen molar-refractivity contribution in [2.45, 2.75) is 33.3 Å². The Balaban J connectivity index is 1.62. The lowest BCUT2D eigenvalue weighted by Gasteiger charge is -2.30. The predicted octanol–water partition coefficient (Wildman–Crippen LogP) is 3.72. The number of hydrogen-bond acceptors (Lipinski definition) is 6. The number of anilines is 1. The van der Waals surface area contributed by atoms with Gasteiger partial charge >= 0.3 is 6.61 Å². The Morgan fingerprint density at radius 1 is 1.30 bits per heavy atom. The summed E-state index contributed by atoms with van der Waals surface area (Å²) in [5, 5.41) is 3.27. The minimum absolute atomic E-state index is 0.0558. The third kappa shape index (κ3) is 5.32. The lowest BCUT2D eigenvalue weighted by atomic mass is 9.97. The fourth-order valence-electron chi connectivity index (χ4n) is 3.30. The highest BCUT2D eigenvalue weighted by Crippen LogP contribution is 2.32. The molecule has 0 atom stereocenters. The van der Waals surface area contributed by atoms with Crippen molar-refractivity contribution in [2.24, 2.45) is 5.92 Å². The number of amides is 1. The Kier molecular flexibility index (Phi) is 7.04. The van der Waals surface area contributed by atoms with Crippen molar-refractivity contribution in [3.63, 3.8) is 0 Å². The molecular weight excluding hydrogens is 436 g/mol. The first kappa shape index (κ1) is 22.6. The van der Waals surface area contributed by atoms with Crippen molar-refractivity contribution in [3.05, 3.63) is 29.1 Å². The van der Waals surface area contributed by atoms with E-state index in [1.54, 1.807) is 19.1 Å². The first-order chi connectivity index (χ1) is 14.2. The largest absolute Gasteiger partial charge is 0.435 e. The van der Waals surface area contributed by atoms with E-state index in [1.165, 1.54) is 27.8 Å². The van der Waals surface area contributed by atoms with Gasteiger partial charge in [-0.1, -0.05) is 0 Å². The second kappa shape index (κ2) is 9.36. The monoisotopic (exact) mass is 459 g/mol. The number of aromatic nitrogens is 1. The molecule has 0 spiro atoms. The number of carbonyl (C=O) groups is 1. The molecule has 30 heavy (non-hydrogen) atoms. The molecule has 1 amide bonds. The fourth-order valence-corrected chi connectivity index (χ4v) is 5.27. The molecule has 0 bridgehead atoms. The average molecular weight is 460 g/mol. The number of sulfonamides is 1. The topological polar surface area (TPSA) is 88.6 Å². The van der Waals surface area contributed by atoms with Crippen molar-refractivity contribution in [3.8, 4) is 17.0 Å². The lowest BCUT2D eigenvalue weighted by molar-refractivity contribution is -0.120. The highest BCUT2D eigenvalue weighted by atomic mass is 32.2. The quantitative estimate of drug-likeness (QED) is 0.682. The second-order valence-corrected chi connectivity index (χ2v) is 10.4. The van der Waals surface area contributed by atoms with Crippen molar-refractivity contribution in [1.29, 1.82) is 0 Å². The molecule has 1 aliphatic heterocycles. The minimum Gasteiger partial charge on any atom is -0.435 e. The highest BCUT2D eigenvalue weighted by Gasteiger charge is 2.30. The Bertz CT molecular complexity index is 986. The Labute approximate surface area is 178 Å². The molecule has 1 saturated heterocycles. The molecule has 1 aliphatic rings. The van der Waals surface area contributed by atoms with Gasteiger partial charge in [0.1, 0.15) is 5.75 Å². The molecule has 3 rings (SSSR count). The molecule has 1 fully saturated rings. The summed E-state index contributed by atoms with van der Waals surface area (Å²) >= 11 is 1.32. The molecule has 0 aliphatic carbocycles. The summed E-state index contributed by atoms with van der Waals surface area (Å²) in [5.41, 5.74) is 1.38. The highest BCUT2D eigenvalue weighted by molar-refractivity contribution is 7.89. The standard InChI is InChI=1S/C19H23F2N3O4S2/c1-3-30(26,27)24-10-8-14(9-11-24)17(25)23-19-22-16(12(2)29-19)13-4-6-15(7-5-13)28-18(20)21/h4-7,14,18H,3,8-11H2,1-2H3,(H,22,23,25). The molecule has 164 valence electrons. The molecule has 1 N–H and O–H groups in total. The van der Waals surface area contributed by atoms with E-state index in [1.807, 2.05) is 6.92 Å². The molecule has 0 unspecified atom stereocenters. The van der Waals surface area contributed by atoms with Crippen LogP contribution in [0.1, 0.15) is 24.6 Å². The molecule has 0 radical (unpaired) electrons. The van der Waals surface area contributed by atoms with E-state index in [2.05, 4.69) is 15.0 Å². The molecule has 7 nitrogen and oxygen atoms in total. The smallest absolute Gasteiger partial charge is 0.387 e. The van der Waals surface area contributed by atoms with Crippen LogP contribution in [0.25, 0.3) is 11.3 Å². The van der Waals surface area contributed by atoms with Crippen LogP contribution in [0, 0.1) is 12.8 Å². The number of nitrogens with zero attached hydrogens (tertiary/aromatic N) is 2. The Morgan fingerprint density at radius 2 is 1.93 bits per heavy atom. The number of halogens is 2. The zero-order valence-electron chi connectivity index (χ0n) is 16.6. The van der Waals surface area contributed by atoms with Gasteiger partial charge in [0.25, 0.3) is 0 Å². The van der Waals surface area contributed by atoms with Crippen molar-refractivity contribution >= 4 is 32.4 Å². The third-order valence-electron chi connectivity index (χ3n) is 4.96. The average Bonchev–Trinajstić information content (AvgIpc) is 3.08. The zero-order valence-corrected chi connectivity index (χ0v) is 18.2. The fraction of sp³-hybridized carbons (Fsp3) is 0.474. The van der Waals surface area contributed by atoms with Crippen molar-refractivity contribution in [1.82, 2.24) is 9.29 Å². The van der Waals surface area contributed by atoms with Gasteiger partial charge in [0, 0.05) is 29.4 Å². The van der Waals surface area contributed by atoms with Crippen LogP contribution < -0.4 is 10.1 Å². The number of piperidine rings is 1. The van der Waals surface area contributed by atoms with E-state index in [-0.39, 0.29) is 23.3 Å². The first-order valence-corrected chi connectivity index (χ1v) is 11.9. The Morgan fingerprint density at radius 3 is 2.50 bits per heavy atom. The van der Waals surface area contributed by atoms with E-state index in [9.17, 15) is 22.0 Å². The summed E-state index contributed by atoms with van der Waals surface area (Å²) in [5.74, 6) is -0.330. The van der Waals surface area contributed by atoms with E-state index < -0.39 is 16.6 Å². The van der Waals surface area contributed by atoms with Crippen LogP contribution in [0.2, 0.25) is 0 Å². The number of carbonyl (C=O) groups excluding carboxylic acids is 1. The summed E-state index contributed by atoms with van der Waals surface area (Å²) in [4.78, 5) is 17.9. The Hall–Kier alpha value is -2.11. The SMILES string of the molecule is CCS(=O)(=O)N1CCC(C(=O)Nc2nc(-c3ccc(OC(F)F)cc3)c(C)s2)CC1. The van der Waals surface area contributed by atoms with Gasteiger partial charge < -0.3 is 10.1 Å². The summed E-state index contributed by atoms with van der Waals surface area (Å²) in [7, 11) is -3.23. The van der Waals surface area contributed by atoms with Crippen LogP contribution in [0.3, 0.4) is 0 Å². The number of hydrogen-bond donors (Lipinski definition) is 1. The van der Waals surface area contributed by atoms with Gasteiger partial charge in [-0.25, -0.2) is 17.7 Å². The summed E-state index contributed by atoms with van der Waals surface area (Å²) in [6.45, 7) is 1.26. The van der Waals surface area contributed by atoms with Crippen LogP contribution in [0.15, 0.2) is 24.3 Å². The van der Waals surface area contributed by atoms with Crippen LogP contribution in [-0.4, -0.2) is 49.1 Å². The van der Waals surface area contributed by atoms with Gasteiger partial charge in [-0.2, -0.15) is 8.78 Å². The molecular formula is C19H23F2N3O4S2. The molecule has 1 aromatic carbocycles. The van der Waals surface area contributed by atoms with Crippen LogP contribution in [0.4, 0.5) is 13.9 Å². The summed E-state index contributed by atoms with van der Waals surface area (Å²) < 4.78 is 54.2. The van der Waals surface area contributed by atoms with Crippen LogP contribution in [0.5, 0.6) is 5.75 Å². The van der Waals surface area contributed by atoms with Gasteiger partial charge in [-0.05, 0) is 51.0 Å². The minimum atomic E-state index is -3.23. The van der Waals surface area contributed by atoms with Gasteiger partial charge in [0.05, 0.1) is 11.4 Å². The van der Waals surface area contributed by atoms with Gasteiger partial charge in [0.15, 0.2) is 5.13 Å². The number of aryl methyl sites for hydroxylation is 1. The summed E-state index contributed by atoms with van der Waals surface area (Å²) in [6.07, 6.45) is 0.932. The molecule has 2 aromatic rings. The second-order valence-electron chi connectivity index (χ2n) is 6.89.